The zero-order valence-electron chi connectivity index (χ0n) is 19.1. The van der Waals surface area contributed by atoms with Gasteiger partial charge in [0.25, 0.3) is 5.91 Å². The Bertz CT molecular complexity index is 1270. The van der Waals surface area contributed by atoms with Crippen LogP contribution < -0.4 is 19.7 Å². The molecule has 0 spiro atoms. The maximum absolute atomic E-state index is 13.1. The first-order chi connectivity index (χ1) is 15.9. The van der Waals surface area contributed by atoms with E-state index in [1.807, 2.05) is 68.4 Å². The van der Waals surface area contributed by atoms with Gasteiger partial charge in [-0.1, -0.05) is 30.3 Å². The zero-order valence-corrected chi connectivity index (χ0v) is 20.0. The molecule has 168 valence electrons. The number of anilines is 1. The van der Waals surface area contributed by atoms with Crippen LogP contribution in [-0.4, -0.2) is 18.1 Å². The number of rotatable bonds is 6. The molecule has 6 heteroatoms. The Morgan fingerprint density at radius 1 is 1.00 bits per heavy atom. The van der Waals surface area contributed by atoms with Crippen molar-refractivity contribution < 1.29 is 14.3 Å². The van der Waals surface area contributed by atoms with Gasteiger partial charge in [0.1, 0.15) is 23.8 Å². The van der Waals surface area contributed by atoms with Crippen LogP contribution >= 0.6 is 12.2 Å². The lowest BCUT2D eigenvalue weighted by Gasteiger charge is -2.14. The summed E-state index contributed by atoms with van der Waals surface area (Å²) < 4.78 is 11.6. The van der Waals surface area contributed by atoms with Crippen molar-refractivity contribution in [2.24, 2.45) is 0 Å². The van der Waals surface area contributed by atoms with Crippen LogP contribution in [0.25, 0.3) is 6.08 Å². The van der Waals surface area contributed by atoms with Crippen molar-refractivity contribution in [3.8, 4) is 11.5 Å². The van der Waals surface area contributed by atoms with Gasteiger partial charge in [-0.05, 0) is 91.7 Å². The van der Waals surface area contributed by atoms with Gasteiger partial charge in [-0.15, -0.1) is 0 Å². The van der Waals surface area contributed by atoms with Crippen LogP contribution in [0.1, 0.15) is 27.8 Å². The SMILES string of the molecule is COc1ccc(/C=C2/NC(=S)N(c3cccc(C)c3)C2=O)cc1COc1cccc(C)c1C. The van der Waals surface area contributed by atoms with Crippen LogP contribution in [0, 0.1) is 20.8 Å². The number of hydrogen-bond donors (Lipinski definition) is 1. The molecule has 33 heavy (non-hydrogen) atoms. The minimum Gasteiger partial charge on any atom is -0.496 e. The Morgan fingerprint density at radius 3 is 2.55 bits per heavy atom. The Morgan fingerprint density at radius 2 is 1.79 bits per heavy atom. The maximum atomic E-state index is 13.1. The smallest absolute Gasteiger partial charge is 0.281 e. The van der Waals surface area contributed by atoms with E-state index in [-0.39, 0.29) is 5.91 Å². The second-order valence-corrected chi connectivity index (χ2v) is 8.41. The van der Waals surface area contributed by atoms with Crippen LogP contribution in [0.2, 0.25) is 0 Å². The van der Waals surface area contributed by atoms with Gasteiger partial charge < -0.3 is 14.8 Å². The normalized spacial score (nSPS) is 14.5. The number of amides is 1. The van der Waals surface area contributed by atoms with Crippen LogP contribution in [0.15, 0.2) is 66.4 Å². The van der Waals surface area contributed by atoms with E-state index < -0.39 is 0 Å². The van der Waals surface area contributed by atoms with Crippen molar-refractivity contribution in [3.05, 3.63) is 94.2 Å². The Kier molecular flexibility index (Phi) is 6.47. The van der Waals surface area contributed by atoms with Gasteiger partial charge in [-0.3, -0.25) is 9.69 Å². The average Bonchev–Trinajstić information content (AvgIpc) is 3.07. The van der Waals surface area contributed by atoms with Crippen molar-refractivity contribution >= 4 is 35.0 Å². The summed E-state index contributed by atoms with van der Waals surface area (Å²) in [6, 6.07) is 19.5. The number of carbonyl (C=O) groups excluding carboxylic acids is 1. The lowest BCUT2D eigenvalue weighted by atomic mass is 10.1. The topological polar surface area (TPSA) is 50.8 Å². The molecule has 3 aromatic rings. The summed E-state index contributed by atoms with van der Waals surface area (Å²) in [4.78, 5) is 14.6. The van der Waals surface area contributed by atoms with Gasteiger partial charge in [0.2, 0.25) is 0 Å². The average molecular weight is 459 g/mol. The molecule has 0 saturated carbocycles. The molecule has 0 aromatic heterocycles. The Balaban J connectivity index is 1.59. The molecule has 1 heterocycles. The summed E-state index contributed by atoms with van der Waals surface area (Å²) in [5.41, 5.74) is 6.25. The third-order valence-corrected chi connectivity index (χ3v) is 5.98. The number of nitrogens with zero attached hydrogens (tertiary/aromatic N) is 1. The minimum atomic E-state index is -0.186. The van der Waals surface area contributed by atoms with Gasteiger partial charge in [-0.2, -0.15) is 0 Å². The molecule has 4 rings (SSSR count). The highest BCUT2D eigenvalue weighted by Gasteiger charge is 2.32. The van der Waals surface area contributed by atoms with Crippen LogP contribution in [0.3, 0.4) is 0 Å². The molecule has 0 bridgehead atoms. The minimum absolute atomic E-state index is 0.186. The van der Waals surface area contributed by atoms with Crippen LogP contribution in [0.5, 0.6) is 11.5 Å². The number of thiocarbonyl (C=S) groups is 1. The molecule has 0 unspecified atom stereocenters. The Hall–Kier alpha value is -3.64. The van der Waals surface area contributed by atoms with Gasteiger partial charge in [0, 0.05) is 5.56 Å². The zero-order chi connectivity index (χ0) is 23.5. The number of nitrogens with one attached hydrogen (secondary N) is 1. The van der Waals surface area contributed by atoms with Gasteiger partial charge in [0.15, 0.2) is 5.11 Å². The lowest BCUT2D eigenvalue weighted by molar-refractivity contribution is -0.113. The van der Waals surface area contributed by atoms with Gasteiger partial charge in [-0.25, -0.2) is 0 Å². The van der Waals surface area contributed by atoms with Crippen LogP contribution in [-0.2, 0) is 11.4 Å². The summed E-state index contributed by atoms with van der Waals surface area (Å²) >= 11 is 5.43. The predicted molar refractivity (Wildman–Crippen MR) is 136 cm³/mol. The summed E-state index contributed by atoms with van der Waals surface area (Å²) in [6.07, 6.45) is 1.80. The third kappa shape index (κ3) is 4.76. The van der Waals surface area contributed by atoms with Crippen molar-refractivity contribution in [1.29, 1.82) is 0 Å². The maximum Gasteiger partial charge on any atom is 0.281 e. The molecule has 1 fully saturated rings. The fourth-order valence-corrected chi connectivity index (χ4v) is 4.04. The van der Waals surface area contributed by atoms with E-state index in [2.05, 4.69) is 18.3 Å². The molecule has 1 amide bonds. The highest BCUT2D eigenvalue weighted by Crippen LogP contribution is 2.27. The molecule has 1 aliphatic heterocycles. The first kappa shape index (κ1) is 22.6. The molecular weight excluding hydrogens is 432 g/mol. The van der Waals surface area contributed by atoms with Crippen molar-refractivity contribution in [2.75, 3.05) is 12.0 Å². The third-order valence-electron chi connectivity index (χ3n) is 5.69. The van der Waals surface area contributed by atoms with E-state index in [9.17, 15) is 4.79 Å². The lowest BCUT2D eigenvalue weighted by Crippen LogP contribution is -2.30. The summed E-state index contributed by atoms with van der Waals surface area (Å²) in [7, 11) is 1.63. The molecule has 0 aliphatic carbocycles. The first-order valence-corrected chi connectivity index (χ1v) is 11.1. The van der Waals surface area contributed by atoms with E-state index in [0.29, 0.717) is 17.4 Å². The molecule has 1 N–H and O–H groups in total. The number of hydrogen-bond acceptors (Lipinski definition) is 4. The molecule has 3 aromatic carbocycles. The number of aryl methyl sites for hydroxylation is 2. The number of methoxy groups -OCH3 is 1. The monoisotopic (exact) mass is 458 g/mol. The van der Waals surface area contributed by atoms with E-state index in [1.54, 1.807) is 13.2 Å². The summed E-state index contributed by atoms with van der Waals surface area (Å²) in [5, 5.41) is 3.41. The highest BCUT2D eigenvalue weighted by molar-refractivity contribution is 7.80. The van der Waals surface area contributed by atoms with E-state index in [0.717, 1.165) is 39.4 Å². The van der Waals surface area contributed by atoms with E-state index in [4.69, 9.17) is 21.7 Å². The number of ether oxygens (including phenoxy) is 2. The molecule has 5 nitrogen and oxygen atoms in total. The highest BCUT2D eigenvalue weighted by atomic mass is 32.1. The molecule has 0 atom stereocenters. The second kappa shape index (κ2) is 9.46. The van der Waals surface area contributed by atoms with E-state index in [1.165, 1.54) is 10.5 Å². The molecule has 1 saturated heterocycles. The fourth-order valence-electron chi connectivity index (χ4n) is 3.74. The number of benzene rings is 3. The summed E-state index contributed by atoms with van der Waals surface area (Å²) in [6.45, 7) is 6.44. The van der Waals surface area contributed by atoms with E-state index >= 15 is 0 Å². The van der Waals surface area contributed by atoms with Crippen molar-refractivity contribution in [1.82, 2.24) is 5.32 Å². The molecule has 1 aliphatic rings. The Labute approximate surface area is 199 Å². The van der Waals surface area contributed by atoms with Gasteiger partial charge >= 0.3 is 0 Å². The first-order valence-electron chi connectivity index (χ1n) is 10.7. The number of carbonyl (C=O) groups is 1. The standard InChI is InChI=1S/C27H26N2O3S/c1-17-7-5-9-22(13-17)29-26(30)23(28-27(29)33)15-20-11-12-25(31-4)21(14-20)16-32-24-10-6-8-18(2)19(24)3/h5-15H,16H2,1-4H3,(H,28,33)/b23-15+. The van der Waals surface area contributed by atoms with Crippen molar-refractivity contribution in [2.45, 2.75) is 27.4 Å². The molecular formula is C27H26N2O3S. The summed E-state index contributed by atoms with van der Waals surface area (Å²) in [5.74, 6) is 1.38. The van der Waals surface area contributed by atoms with Crippen molar-refractivity contribution in [3.63, 3.8) is 0 Å². The quantitative estimate of drug-likeness (QED) is 0.393. The second-order valence-electron chi connectivity index (χ2n) is 8.03. The fraction of sp³-hybridized carbons (Fsp3) is 0.185. The van der Waals surface area contributed by atoms with Crippen LogP contribution in [0.4, 0.5) is 5.69 Å². The predicted octanol–water partition coefficient (Wildman–Crippen LogP) is 5.46. The molecule has 0 radical (unpaired) electrons. The largest absolute Gasteiger partial charge is 0.496 e. The van der Waals surface area contributed by atoms with Gasteiger partial charge in [0.05, 0.1) is 12.8 Å².